The Morgan fingerprint density at radius 1 is 0.929 bits per heavy atom. The molecular formula is C26H44O2. The van der Waals surface area contributed by atoms with Gasteiger partial charge in [0.2, 0.25) is 0 Å². The van der Waals surface area contributed by atoms with Crippen molar-refractivity contribution in [3.05, 3.63) is 0 Å². The zero-order chi connectivity index (χ0) is 20.1. The van der Waals surface area contributed by atoms with Crippen molar-refractivity contribution in [2.45, 2.75) is 111 Å². The van der Waals surface area contributed by atoms with Crippen LogP contribution in [0.1, 0.15) is 105 Å². The molecule has 1 heterocycles. The average Bonchev–Trinajstić information content (AvgIpc) is 2.99. The fraction of sp³-hybridized carbons (Fsp3) is 0.962. The molecule has 0 radical (unpaired) electrons. The Labute approximate surface area is 173 Å². The van der Waals surface area contributed by atoms with Crippen LogP contribution in [0.2, 0.25) is 0 Å². The van der Waals surface area contributed by atoms with Gasteiger partial charge in [-0.05, 0) is 85.9 Å². The highest BCUT2D eigenvalue weighted by Gasteiger charge is 2.61. The first-order chi connectivity index (χ1) is 13.3. The smallest absolute Gasteiger partial charge is 0.306 e. The molecule has 0 bridgehead atoms. The minimum Gasteiger partial charge on any atom is -0.462 e. The van der Waals surface area contributed by atoms with Gasteiger partial charge in [0.25, 0.3) is 0 Å². The van der Waals surface area contributed by atoms with Gasteiger partial charge in [-0.2, -0.15) is 0 Å². The second-order valence-electron chi connectivity index (χ2n) is 12.0. The van der Waals surface area contributed by atoms with Crippen molar-refractivity contribution in [2.24, 2.45) is 46.3 Å². The van der Waals surface area contributed by atoms with Gasteiger partial charge in [0, 0.05) is 11.8 Å². The minimum atomic E-state index is 0.0534. The molecule has 4 aliphatic rings. The maximum Gasteiger partial charge on any atom is 0.306 e. The molecule has 4 rings (SSSR count). The second-order valence-corrected chi connectivity index (χ2v) is 12.0. The van der Waals surface area contributed by atoms with Gasteiger partial charge in [-0.25, -0.2) is 0 Å². The average molecular weight is 389 g/mol. The third-order valence-electron chi connectivity index (χ3n) is 10.1. The van der Waals surface area contributed by atoms with Crippen molar-refractivity contribution >= 4 is 5.97 Å². The predicted octanol–water partition coefficient (Wildman–Crippen LogP) is 7.01. The summed E-state index contributed by atoms with van der Waals surface area (Å²) in [5.41, 5.74) is 0.812. The standard InChI is InChI=1S/C26H44O2/c1-17(2)7-6-8-18(3)20-10-11-21-19-9-12-23-26(5,16-14-24(27)28-23)22(19)13-15-25(20,21)4/h17-23H,6-16H2,1-5H3/t18-,19+,20-,21-,22+,23+,25+,26+/m0/s1. The van der Waals surface area contributed by atoms with Gasteiger partial charge in [0.05, 0.1) is 0 Å². The Bertz CT molecular complexity index is 583. The van der Waals surface area contributed by atoms with E-state index in [9.17, 15) is 4.79 Å². The third-order valence-corrected chi connectivity index (χ3v) is 10.1. The molecule has 28 heavy (non-hydrogen) atoms. The molecule has 2 nitrogen and oxygen atoms in total. The molecule has 0 aromatic rings. The van der Waals surface area contributed by atoms with E-state index in [1.807, 2.05) is 0 Å². The molecule has 8 atom stereocenters. The highest BCUT2D eigenvalue weighted by atomic mass is 16.5. The number of carbonyl (C=O) groups excluding carboxylic acids is 1. The normalized spacial score (nSPS) is 46.5. The lowest BCUT2D eigenvalue weighted by Crippen LogP contribution is -2.56. The maximum absolute atomic E-state index is 11.9. The van der Waals surface area contributed by atoms with Crippen LogP contribution in [0.15, 0.2) is 0 Å². The summed E-state index contributed by atoms with van der Waals surface area (Å²) in [4.78, 5) is 11.9. The first-order valence-electron chi connectivity index (χ1n) is 12.4. The van der Waals surface area contributed by atoms with Gasteiger partial charge in [-0.15, -0.1) is 0 Å². The van der Waals surface area contributed by atoms with Crippen molar-refractivity contribution in [1.29, 1.82) is 0 Å². The lowest BCUT2D eigenvalue weighted by atomic mass is 9.47. The molecule has 3 saturated carbocycles. The molecule has 0 unspecified atom stereocenters. The summed E-state index contributed by atoms with van der Waals surface area (Å²) in [7, 11) is 0. The highest BCUT2D eigenvalue weighted by Crippen LogP contribution is 2.67. The Balaban J connectivity index is 1.47. The topological polar surface area (TPSA) is 26.3 Å². The van der Waals surface area contributed by atoms with Crippen LogP contribution in [-0.4, -0.2) is 12.1 Å². The largest absolute Gasteiger partial charge is 0.462 e. The van der Waals surface area contributed by atoms with Crippen molar-refractivity contribution < 1.29 is 9.53 Å². The van der Waals surface area contributed by atoms with Crippen LogP contribution < -0.4 is 0 Å². The van der Waals surface area contributed by atoms with Crippen LogP contribution in [0.3, 0.4) is 0 Å². The third kappa shape index (κ3) is 3.35. The van der Waals surface area contributed by atoms with Crippen LogP contribution in [-0.2, 0) is 9.53 Å². The molecule has 2 heteroatoms. The molecule has 0 aromatic carbocycles. The SMILES string of the molecule is CC(C)CCC[C@H](C)[C@@H]1CC[C@H]2[C@H]3CC[C@H]4OC(=O)CC[C@]4(C)[C@@H]3CC[C@@]21C. The van der Waals surface area contributed by atoms with Crippen molar-refractivity contribution in [1.82, 2.24) is 0 Å². The van der Waals surface area contributed by atoms with Gasteiger partial charge in [0.15, 0.2) is 0 Å². The summed E-state index contributed by atoms with van der Waals surface area (Å²) >= 11 is 0. The number of esters is 1. The van der Waals surface area contributed by atoms with Gasteiger partial charge in [0.1, 0.15) is 6.10 Å². The minimum absolute atomic E-state index is 0.0534. The monoisotopic (exact) mass is 388 g/mol. The van der Waals surface area contributed by atoms with Crippen LogP contribution in [0.5, 0.6) is 0 Å². The van der Waals surface area contributed by atoms with Crippen molar-refractivity contribution in [3.8, 4) is 0 Å². The first-order valence-corrected chi connectivity index (χ1v) is 12.4. The van der Waals surface area contributed by atoms with Gasteiger partial charge < -0.3 is 4.74 Å². The molecule has 0 amide bonds. The lowest BCUT2D eigenvalue weighted by molar-refractivity contribution is -0.192. The van der Waals surface area contributed by atoms with Crippen molar-refractivity contribution in [3.63, 3.8) is 0 Å². The summed E-state index contributed by atoms with van der Waals surface area (Å²) in [6, 6.07) is 0. The molecule has 160 valence electrons. The zero-order valence-electron chi connectivity index (χ0n) is 19.1. The van der Waals surface area contributed by atoms with E-state index < -0.39 is 0 Å². The molecule has 0 N–H and O–H groups in total. The van der Waals surface area contributed by atoms with E-state index in [4.69, 9.17) is 4.74 Å². The number of ether oxygens (including phenoxy) is 1. The highest BCUT2D eigenvalue weighted by molar-refractivity contribution is 5.70. The summed E-state index contributed by atoms with van der Waals surface area (Å²) < 4.78 is 5.86. The summed E-state index contributed by atoms with van der Waals surface area (Å²) in [6.45, 7) is 12.4. The molecule has 4 fully saturated rings. The first kappa shape index (κ1) is 20.7. The number of hydrogen-bond donors (Lipinski definition) is 0. The van der Waals surface area contributed by atoms with E-state index in [0.29, 0.717) is 11.8 Å². The molecule has 3 aliphatic carbocycles. The van der Waals surface area contributed by atoms with Crippen LogP contribution in [0, 0.1) is 46.3 Å². The van der Waals surface area contributed by atoms with Gasteiger partial charge in [-0.3, -0.25) is 4.79 Å². The van der Waals surface area contributed by atoms with E-state index in [1.165, 1.54) is 51.4 Å². The van der Waals surface area contributed by atoms with Crippen LogP contribution in [0.4, 0.5) is 0 Å². The van der Waals surface area contributed by atoms with Crippen LogP contribution >= 0.6 is 0 Å². The second kappa shape index (κ2) is 7.62. The summed E-state index contributed by atoms with van der Waals surface area (Å²) in [5.74, 6) is 5.29. The summed E-state index contributed by atoms with van der Waals surface area (Å²) in [6.07, 6.45) is 14.3. The lowest BCUT2D eigenvalue weighted by Gasteiger charge is -2.59. The zero-order valence-corrected chi connectivity index (χ0v) is 19.1. The van der Waals surface area contributed by atoms with E-state index in [2.05, 4.69) is 34.6 Å². The van der Waals surface area contributed by atoms with Gasteiger partial charge in [-0.1, -0.05) is 53.9 Å². The Hall–Kier alpha value is -0.530. The van der Waals surface area contributed by atoms with E-state index in [-0.39, 0.29) is 17.5 Å². The number of rotatable bonds is 5. The Kier molecular flexibility index (Phi) is 5.64. The molecule has 1 aliphatic heterocycles. The fourth-order valence-electron chi connectivity index (χ4n) is 8.57. The Morgan fingerprint density at radius 2 is 1.68 bits per heavy atom. The van der Waals surface area contributed by atoms with Crippen LogP contribution in [0.25, 0.3) is 0 Å². The molecular weight excluding hydrogens is 344 g/mol. The summed E-state index contributed by atoms with van der Waals surface area (Å²) in [5, 5.41) is 0. The van der Waals surface area contributed by atoms with E-state index in [0.717, 1.165) is 48.3 Å². The molecule has 0 spiro atoms. The van der Waals surface area contributed by atoms with E-state index >= 15 is 0 Å². The fourth-order valence-corrected chi connectivity index (χ4v) is 8.57. The number of carbonyl (C=O) groups is 1. The Morgan fingerprint density at radius 3 is 2.43 bits per heavy atom. The quantitative estimate of drug-likeness (QED) is 0.473. The van der Waals surface area contributed by atoms with E-state index in [1.54, 1.807) is 0 Å². The number of hydrogen-bond acceptors (Lipinski definition) is 2. The molecule has 0 aromatic heterocycles. The van der Waals surface area contributed by atoms with Crippen molar-refractivity contribution in [2.75, 3.05) is 0 Å². The maximum atomic E-state index is 11.9. The number of fused-ring (bicyclic) bond motifs is 5. The van der Waals surface area contributed by atoms with Gasteiger partial charge >= 0.3 is 5.97 Å². The molecule has 1 saturated heterocycles. The predicted molar refractivity (Wildman–Crippen MR) is 115 cm³/mol.